The smallest absolute Gasteiger partial charge is 0.0632 e. The van der Waals surface area contributed by atoms with Gasteiger partial charge in [-0.25, -0.2) is 4.31 Å². The van der Waals surface area contributed by atoms with Crippen LogP contribution in [0.25, 0.3) is 0 Å². The summed E-state index contributed by atoms with van der Waals surface area (Å²) in [5.41, 5.74) is 0. The fraction of sp³-hybridized carbons (Fsp3) is 1.00. The summed E-state index contributed by atoms with van der Waals surface area (Å²) in [6.07, 6.45) is 2.54. The lowest BCUT2D eigenvalue weighted by Gasteiger charge is -2.29. The fourth-order valence-electron chi connectivity index (χ4n) is 1.61. The molecule has 2 aliphatic rings. The van der Waals surface area contributed by atoms with Crippen molar-refractivity contribution in [3.8, 4) is 0 Å². The van der Waals surface area contributed by atoms with E-state index in [-0.39, 0.29) is 0 Å². The summed E-state index contributed by atoms with van der Waals surface area (Å²) >= 11 is 4.37. The van der Waals surface area contributed by atoms with Crippen LogP contribution < -0.4 is 0 Å². The van der Waals surface area contributed by atoms with E-state index in [0.717, 1.165) is 13.2 Å². The molecule has 2 heterocycles. The monoisotopic (exact) mass is 145 g/mol. The molecule has 0 aromatic rings. The van der Waals surface area contributed by atoms with Crippen LogP contribution in [0.5, 0.6) is 0 Å². The van der Waals surface area contributed by atoms with Crippen molar-refractivity contribution in [3.05, 3.63) is 0 Å². The Labute approximate surface area is 60.7 Å². The number of hydrogen-bond donors (Lipinski definition) is 1. The van der Waals surface area contributed by atoms with Gasteiger partial charge in [0.25, 0.3) is 0 Å². The Morgan fingerprint density at radius 2 is 1.78 bits per heavy atom. The Balaban J connectivity index is 2.10. The van der Waals surface area contributed by atoms with Crippen LogP contribution in [-0.2, 0) is 4.74 Å². The molecule has 0 saturated carbocycles. The van der Waals surface area contributed by atoms with Crippen LogP contribution in [0.4, 0.5) is 0 Å². The first-order valence-corrected chi connectivity index (χ1v) is 3.83. The van der Waals surface area contributed by atoms with Gasteiger partial charge in [0.05, 0.1) is 13.2 Å². The molecule has 2 atom stereocenters. The molecular formula is C6H11NOS. The average Bonchev–Trinajstić information content (AvgIpc) is 2.19. The topological polar surface area (TPSA) is 12.5 Å². The van der Waals surface area contributed by atoms with Gasteiger partial charge in [0.15, 0.2) is 0 Å². The summed E-state index contributed by atoms with van der Waals surface area (Å²) < 4.78 is 7.49. The van der Waals surface area contributed by atoms with Gasteiger partial charge in [-0.3, -0.25) is 0 Å². The van der Waals surface area contributed by atoms with Gasteiger partial charge >= 0.3 is 0 Å². The number of morpholine rings is 1. The summed E-state index contributed by atoms with van der Waals surface area (Å²) in [6.45, 7) is 1.78. The third kappa shape index (κ3) is 0.876. The number of nitrogens with zero attached hydrogens (tertiary/aromatic N) is 1. The van der Waals surface area contributed by atoms with Crippen molar-refractivity contribution in [2.24, 2.45) is 0 Å². The Bertz CT molecular complexity index is 104. The summed E-state index contributed by atoms with van der Waals surface area (Å²) in [6, 6.07) is 1.21. The Kier molecular flexibility index (Phi) is 1.43. The van der Waals surface area contributed by atoms with Gasteiger partial charge in [0.1, 0.15) is 0 Å². The van der Waals surface area contributed by atoms with Gasteiger partial charge in [0.2, 0.25) is 0 Å². The van der Waals surface area contributed by atoms with Crippen molar-refractivity contribution in [3.63, 3.8) is 0 Å². The molecule has 9 heavy (non-hydrogen) atoms. The second-order valence-corrected chi connectivity index (χ2v) is 3.26. The summed E-state index contributed by atoms with van der Waals surface area (Å²) in [5.74, 6) is 0. The highest BCUT2D eigenvalue weighted by Crippen LogP contribution is 2.29. The minimum Gasteiger partial charge on any atom is -0.378 e. The molecule has 0 spiro atoms. The highest BCUT2D eigenvalue weighted by Gasteiger charge is 2.35. The largest absolute Gasteiger partial charge is 0.378 e. The molecule has 0 N–H and O–H groups in total. The Hall–Kier alpha value is 0.270. The van der Waals surface area contributed by atoms with E-state index in [2.05, 4.69) is 17.1 Å². The van der Waals surface area contributed by atoms with E-state index < -0.39 is 0 Å². The molecule has 2 nitrogen and oxygen atoms in total. The van der Waals surface area contributed by atoms with E-state index in [0.29, 0.717) is 12.1 Å². The number of ether oxygens (including phenoxy) is 1. The van der Waals surface area contributed by atoms with E-state index >= 15 is 0 Å². The molecular weight excluding hydrogens is 134 g/mol. The molecule has 0 radical (unpaired) electrons. The van der Waals surface area contributed by atoms with Gasteiger partial charge in [-0.15, -0.1) is 0 Å². The molecule has 2 rings (SSSR count). The normalized spacial score (nSPS) is 43.7. The maximum absolute atomic E-state index is 5.34. The zero-order valence-electron chi connectivity index (χ0n) is 5.29. The quantitative estimate of drug-likeness (QED) is 0.504. The highest BCUT2D eigenvalue weighted by atomic mass is 32.1. The van der Waals surface area contributed by atoms with E-state index in [1.807, 2.05) is 0 Å². The Morgan fingerprint density at radius 1 is 1.22 bits per heavy atom. The number of fused-ring (bicyclic) bond motifs is 2. The number of thiol groups is 1. The number of rotatable bonds is 0. The second kappa shape index (κ2) is 2.15. The second-order valence-electron chi connectivity index (χ2n) is 2.80. The van der Waals surface area contributed by atoms with E-state index in [4.69, 9.17) is 4.74 Å². The minimum atomic E-state index is 0.604. The molecule has 2 aliphatic heterocycles. The van der Waals surface area contributed by atoms with Crippen molar-refractivity contribution in [1.82, 2.24) is 4.31 Å². The van der Waals surface area contributed by atoms with Crippen molar-refractivity contribution >= 4 is 12.8 Å². The molecule has 52 valence electrons. The lowest BCUT2D eigenvalue weighted by atomic mass is 10.2. The van der Waals surface area contributed by atoms with E-state index in [1.54, 1.807) is 0 Å². The first-order valence-electron chi connectivity index (χ1n) is 3.43. The summed E-state index contributed by atoms with van der Waals surface area (Å²) in [7, 11) is 0. The van der Waals surface area contributed by atoms with Gasteiger partial charge < -0.3 is 4.74 Å². The number of hydrogen-bond acceptors (Lipinski definition) is 3. The molecule has 0 aromatic carbocycles. The first-order chi connectivity index (χ1) is 4.38. The summed E-state index contributed by atoms with van der Waals surface area (Å²) in [4.78, 5) is 0. The molecule has 2 fully saturated rings. The van der Waals surface area contributed by atoms with Gasteiger partial charge in [-0.1, -0.05) is 12.8 Å². The Morgan fingerprint density at radius 3 is 2.22 bits per heavy atom. The highest BCUT2D eigenvalue weighted by molar-refractivity contribution is 7.77. The van der Waals surface area contributed by atoms with E-state index in [9.17, 15) is 0 Å². The molecule has 2 bridgehead atoms. The van der Waals surface area contributed by atoms with Crippen LogP contribution in [0.15, 0.2) is 0 Å². The predicted molar refractivity (Wildman–Crippen MR) is 38.5 cm³/mol. The van der Waals surface area contributed by atoms with Crippen molar-refractivity contribution in [2.45, 2.75) is 24.9 Å². The van der Waals surface area contributed by atoms with Crippen molar-refractivity contribution in [2.75, 3.05) is 13.2 Å². The molecule has 0 aromatic heterocycles. The van der Waals surface area contributed by atoms with Crippen LogP contribution in [0.3, 0.4) is 0 Å². The van der Waals surface area contributed by atoms with Crippen molar-refractivity contribution in [1.29, 1.82) is 0 Å². The standard InChI is InChI=1S/C6H11NOS/c9-7-5-1-2-6(7)4-8-3-5/h5-6,9H,1-4H2. The summed E-state index contributed by atoms with van der Waals surface area (Å²) in [5, 5.41) is 0. The van der Waals surface area contributed by atoms with Crippen LogP contribution in [0.2, 0.25) is 0 Å². The average molecular weight is 145 g/mol. The fourth-order valence-corrected chi connectivity index (χ4v) is 1.97. The molecule has 0 amide bonds. The lowest BCUT2D eigenvalue weighted by Crippen LogP contribution is -2.39. The maximum Gasteiger partial charge on any atom is 0.0632 e. The van der Waals surface area contributed by atoms with Crippen molar-refractivity contribution < 1.29 is 4.74 Å². The first kappa shape index (κ1) is 6.01. The van der Waals surface area contributed by atoms with E-state index in [1.165, 1.54) is 12.8 Å². The van der Waals surface area contributed by atoms with Crippen LogP contribution in [0.1, 0.15) is 12.8 Å². The SMILES string of the molecule is SN1C2CCC1COC2. The van der Waals surface area contributed by atoms with Gasteiger partial charge in [-0.05, 0) is 12.8 Å². The van der Waals surface area contributed by atoms with Gasteiger partial charge in [0, 0.05) is 12.1 Å². The molecule has 2 unspecified atom stereocenters. The van der Waals surface area contributed by atoms with Crippen LogP contribution in [-0.4, -0.2) is 29.6 Å². The molecule has 3 heteroatoms. The maximum atomic E-state index is 5.34. The lowest BCUT2D eigenvalue weighted by molar-refractivity contribution is 0.0328. The predicted octanol–water partition coefficient (Wildman–Crippen LogP) is 0.694. The van der Waals surface area contributed by atoms with Crippen LogP contribution >= 0.6 is 12.8 Å². The van der Waals surface area contributed by atoms with Crippen LogP contribution in [0, 0.1) is 0 Å². The molecule has 0 aliphatic carbocycles. The zero-order chi connectivity index (χ0) is 6.27. The molecule has 2 saturated heterocycles. The third-order valence-corrected chi connectivity index (χ3v) is 2.86. The third-order valence-electron chi connectivity index (χ3n) is 2.20. The minimum absolute atomic E-state index is 0.604. The van der Waals surface area contributed by atoms with Gasteiger partial charge in [-0.2, -0.15) is 0 Å². The zero-order valence-corrected chi connectivity index (χ0v) is 6.18.